The smallest absolute Gasteiger partial charge is 0.261 e. The number of benzene rings is 2. The first-order chi connectivity index (χ1) is 14.5. The molecule has 0 bridgehead atoms. The molecular weight excluding hydrogens is 390 g/mol. The third kappa shape index (κ3) is 3.61. The number of fused-ring (bicyclic) bond motifs is 1. The van der Waals surface area contributed by atoms with Gasteiger partial charge in [0, 0.05) is 23.2 Å². The van der Waals surface area contributed by atoms with E-state index in [0.717, 1.165) is 0 Å². The third-order valence-electron chi connectivity index (χ3n) is 5.00. The molecule has 0 radical (unpaired) electrons. The summed E-state index contributed by atoms with van der Waals surface area (Å²) in [5.74, 6) is -1.58. The van der Waals surface area contributed by atoms with Gasteiger partial charge in [-0.05, 0) is 36.8 Å². The molecule has 5 nitrogen and oxygen atoms in total. The van der Waals surface area contributed by atoms with E-state index in [4.69, 9.17) is 4.42 Å². The molecule has 2 heterocycles. The highest BCUT2D eigenvalue weighted by molar-refractivity contribution is 6.07. The van der Waals surface area contributed by atoms with Gasteiger partial charge in [0.2, 0.25) is 0 Å². The Morgan fingerprint density at radius 2 is 1.90 bits per heavy atom. The fourth-order valence-corrected chi connectivity index (χ4v) is 3.53. The molecule has 2 aromatic carbocycles. The molecule has 4 aromatic rings. The zero-order chi connectivity index (χ0) is 21.3. The van der Waals surface area contributed by atoms with Gasteiger partial charge in [-0.15, -0.1) is 0 Å². The van der Waals surface area contributed by atoms with Crippen molar-refractivity contribution < 1.29 is 18.0 Å². The van der Waals surface area contributed by atoms with E-state index in [9.17, 15) is 18.4 Å². The van der Waals surface area contributed by atoms with E-state index in [2.05, 4.69) is 5.32 Å². The van der Waals surface area contributed by atoms with Crippen LogP contribution in [0.25, 0.3) is 10.8 Å². The van der Waals surface area contributed by atoms with E-state index in [1.165, 1.54) is 41.4 Å². The van der Waals surface area contributed by atoms with E-state index >= 15 is 0 Å². The Labute approximate surface area is 170 Å². The summed E-state index contributed by atoms with van der Waals surface area (Å²) in [6, 6.07) is 11.8. The van der Waals surface area contributed by atoms with Crippen LogP contribution >= 0.6 is 0 Å². The summed E-state index contributed by atoms with van der Waals surface area (Å²) >= 11 is 0. The van der Waals surface area contributed by atoms with Crippen molar-refractivity contribution in [3.8, 4) is 0 Å². The van der Waals surface area contributed by atoms with Crippen LogP contribution in [0.15, 0.2) is 70.3 Å². The predicted octanol–water partition coefficient (Wildman–Crippen LogP) is 4.16. The van der Waals surface area contributed by atoms with E-state index in [1.54, 1.807) is 31.2 Å². The van der Waals surface area contributed by atoms with Crippen LogP contribution in [0.2, 0.25) is 0 Å². The molecule has 0 aliphatic heterocycles. The minimum absolute atomic E-state index is 0.0910. The van der Waals surface area contributed by atoms with E-state index in [0.29, 0.717) is 16.8 Å². The number of aromatic nitrogens is 1. The van der Waals surface area contributed by atoms with Crippen molar-refractivity contribution in [2.45, 2.75) is 20.0 Å². The second kappa shape index (κ2) is 7.94. The maximum atomic E-state index is 14.6. The van der Waals surface area contributed by atoms with Gasteiger partial charge in [-0.1, -0.05) is 24.3 Å². The quantitative estimate of drug-likeness (QED) is 0.539. The Morgan fingerprint density at radius 1 is 1.10 bits per heavy atom. The number of rotatable bonds is 5. The molecule has 0 saturated heterocycles. The van der Waals surface area contributed by atoms with Gasteiger partial charge in [0.1, 0.15) is 11.6 Å². The molecule has 30 heavy (non-hydrogen) atoms. The van der Waals surface area contributed by atoms with Gasteiger partial charge < -0.3 is 14.3 Å². The fourth-order valence-electron chi connectivity index (χ4n) is 3.53. The Balaban J connectivity index is 1.80. The average molecular weight is 408 g/mol. The summed E-state index contributed by atoms with van der Waals surface area (Å²) in [7, 11) is 0. The van der Waals surface area contributed by atoms with Crippen LogP contribution in [0, 0.1) is 18.6 Å². The molecule has 7 heteroatoms. The van der Waals surface area contributed by atoms with Crippen molar-refractivity contribution in [2.75, 3.05) is 0 Å². The number of hydrogen-bond acceptors (Lipinski definition) is 3. The second-order valence-corrected chi connectivity index (χ2v) is 6.96. The van der Waals surface area contributed by atoms with Gasteiger partial charge in [0.15, 0.2) is 0 Å². The highest BCUT2D eigenvalue weighted by Crippen LogP contribution is 2.23. The molecule has 0 aliphatic carbocycles. The van der Waals surface area contributed by atoms with Crippen LogP contribution in [0.5, 0.6) is 0 Å². The number of amides is 1. The van der Waals surface area contributed by atoms with Gasteiger partial charge in [0.25, 0.3) is 11.5 Å². The summed E-state index contributed by atoms with van der Waals surface area (Å²) in [4.78, 5) is 26.1. The van der Waals surface area contributed by atoms with Crippen LogP contribution in [-0.4, -0.2) is 10.5 Å². The highest BCUT2D eigenvalue weighted by Gasteiger charge is 2.21. The molecule has 152 valence electrons. The molecule has 1 N–H and O–H groups in total. The molecule has 0 fully saturated rings. The number of carbonyl (C=O) groups excluding carboxylic acids is 1. The van der Waals surface area contributed by atoms with Gasteiger partial charge >= 0.3 is 0 Å². The summed E-state index contributed by atoms with van der Waals surface area (Å²) in [5.41, 5.74) is 1.37. The Morgan fingerprint density at radius 3 is 2.63 bits per heavy atom. The zero-order valence-electron chi connectivity index (χ0n) is 16.1. The fraction of sp³-hybridized carbons (Fsp3) is 0.130. The number of halogens is 2. The molecular formula is C23H18F2N2O3. The Bertz CT molecular complexity index is 1290. The molecule has 1 amide bonds. The standard InChI is InChI=1S/C23H18F2N2O3/c1-14-20(22(28)26-11-15-4-2-5-17(24)10-15)18-6-3-7-19(25)21(18)23(29)27(14)12-16-8-9-30-13-16/h2-10,13H,11-12H2,1H3,(H,26,28). The topological polar surface area (TPSA) is 64.2 Å². The van der Waals surface area contributed by atoms with E-state index in [1.807, 2.05) is 0 Å². The lowest BCUT2D eigenvalue weighted by Gasteiger charge is -2.17. The molecule has 0 spiro atoms. The van der Waals surface area contributed by atoms with Gasteiger partial charge in [-0.25, -0.2) is 8.78 Å². The van der Waals surface area contributed by atoms with E-state index < -0.39 is 23.1 Å². The van der Waals surface area contributed by atoms with Crippen molar-refractivity contribution in [2.24, 2.45) is 0 Å². The third-order valence-corrected chi connectivity index (χ3v) is 5.00. The molecule has 0 unspecified atom stereocenters. The largest absolute Gasteiger partial charge is 0.472 e. The summed E-state index contributed by atoms with van der Waals surface area (Å²) in [6.45, 7) is 1.87. The summed E-state index contributed by atoms with van der Waals surface area (Å²) in [6.07, 6.45) is 2.96. The monoisotopic (exact) mass is 408 g/mol. The molecule has 4 rings (SSSR count). The number of nitrogens with zero attached hydrogens (tertiary/aromatic N) is 1. The molecule has 2 aromatic heterocycles. The van der Waals surface area contributed by atoms with Crippen LogP contribution in [-0.2, 0) is 13.1 Å². The van der Waals surface area contributed by atoms with Crippen LogP contribution in [0.4, 0.5) is 8.78 Å². The number of pyridine rings is 1. The first-order valence-electron chi connectivity index (χ1n) is 9.31. The predicted molar refractivity (Wildman–Crippen MR) is 108 cm³/mol. The average Bonchev–Trinajstić information content (AvgIpc) is 3.23. The van der Waals surface area contributed by atoms with Crippen molar-refractivity contribution >= 4 is 16.7 Å². The van der Waals surface area contributed by atoms with E-state index in [-0.39, 0.29) is 29.4 Å². The van der Waals surface area contributed by atoms with Crippen molar-refractivity contribution in [1.29, 1.82) is 0 Å². The molecule has 0 saturated carbocycles. The maximum absolute atomic E-state index is 14.6. The van der Waals surface area contributed by atoms with Gasteiger partial charge in [-0.3, -0.25) is 9.59 Å². The normalized spacial score (nSPS) is 11.0. The van der Waals surface area contributed by atoms with Gasteiger partial charge in [-0.2, -0.15) is 0 Å². The number of carbonyl (C=O) groups is 1. The lowest BCUT2D eigenvalue weighted by Crippen LogP contribution is -2.30. The van der Waals surface area contributed by atoms with Crippen LogP contribution in [0.3, 0.4) is 0 Å². The number of hydrogen-bond donors (Lipinski definition) is 1. The Kier molecular flexibility index (Phi) is 5.18. The number of furan rings is 1. The second-order valence-electron chi connectivity index (χ2n) is 6.96. The van der Waals surface area contributed by atoms with Crippen LogP contribution in [0.1, 0.15) is 27.2 Å². The highest BCUT2D eigenvalue weighted by atomic mass is 19.1. The minimum atomic E-state index is -0.697. The van der Waals surface area contributed by atoms with Crippen molar-refractivity contribution in [3.63, 3.8) is 0 Å². The maximum Gasteiger partial charge on any atom is 0.261 e. The molecule has 0 atom stereocenters. The van der Waals surface area contributed by atoms with Crippen molar-refractivity contribution in [1.82, 2.24) is 9.88 Å². The first kappa shape index (κ1) is 19.6. The summed E-state index contributed by atoms with van der Waals surface area (Å²) < 4.78 is 34.4. The SMILES string of the molecule is Cc1c(C(=O)NCc2cccc(F)c2)c2cccc(F)c2c(=O)n1Cc1ccoc1. The molecule has 0 aliphatic rings. The number of nitrogens with one attached hydrogen (secondary N) is 1. The lowest BCUT2D eigenvalue weighted by molar-refractivity contribution is 0.0951. The summed E-state index contributed by atoms with van der Waals surface area (Å²) in [5, 5.41) is 2.82. The minimum Gasteiger partial charge on any atom is -0.472 e. The first-order valence-corrected chi connectivity index (χ1v) is 9.31. The lowest BCUT2D eigenvalue weighted by atomic mass is 10.0. The zero-order valence-corrected chi connectivity index (χ0v) is 16.1. The van der Waals surface area contributed by atoms with Gasteiger partial charge in [0.05, 0.1) is 30.0 Å². The van der Waals surface area contributed by atoms with Crippen LogP contribution < -0.4 is 10.9 Å². The Hall–Kier alpha value is -3.74. The van der Waals surface area contributed by atoms with Crippen molar-refractivity contribution in [3.05, 3.63) is 105 Å².